The van der Waals surface area contributed by atoms with Crippen LogP contribution in [0, 0.1) is 0 Å². The molecule has 0 saturated heterocycles. The molecule has 0 aromatic carbocycles. The number of hydrogen-bond donors (Lipinski definition) is 1. The molecule has 0 aromatic rings. The summed E-state index contributed by atoms with van der Waals surface area (Å²) in [6, 6.07) is 0. The maximum atomic E-state index is 11.7. The van der Waals surface area contributed by atoms with E-state index >= 15 is 0 Å². The Hall–Kier alpha value is -1.10. The van der Waals surface area contributed by atoms with E-state index in [1.54, 1.807) is 4.90 Å². The molecule has 1 amide bonds. The first-order valence-corrected chi connectivity index (χ1v) is 7.00. The average molecular weight is 272 g/mol. The van der Waals surface area contributed by atoms with Gasteiger partial charge in [-0.15, -0.1) is 0 Å². The van der Waals surface area contributed by atoms with Gasteiger partial charge < -0.3 is 15.0 Å². The second kappa shape index (κ2) is 8.91. The first-order chi connectivity index (χ1) is 8.80. The second-order valence-corrected chi connectivity index (χ2v) is 5.40. The van der Waals surface area contributed by atoms with Gasteiger partial charge >= 0.3 is 5.97 Å². The Labute approximate surface area is 116 Å². The van der Waals surface area contributed by atoms with Gasteiger partial charge in [-0.2, -0.15) is 0 Å². The number of nitrogens with zero attached hydrogens (tertiary/aromatic N) is 1. The van der Waals surface area contributed by atoms with Crippen LogP contribution in [0.5, 0.6) is 0 Å². The second-order valence-electron chi connectivity index (χ2n) is 5.40. The Morgan fingerprint density at radius 2 is 1.58 bits per heavy atom. The van der Waals surface area contributed by atoms with Crippen molar-refractivity contribution in [2.75, 3.05) is 26.2 Å². The smallest absolute Gasteiger partial charge is 0.307 e. The minimum Gasteiger partial charge on any atom is -0.460 e. The SMILES string of the molecule is CCN(CC)C(=O)CCNCCC(=O)OC(C)(C)C. The molecule has 0 unspecified atom stereocenters. The summed E-state index contributed by atoms with van der Waals surface area (Å²) in [5.74, 6) is -0.0650. The molecule has 0 rings (SSSR count). The molecule has 0 fully saturated rings. The quantitative estimate of drug-likeness (QED) is 0.538. The van der Waals surface area contributed by atoms with Gasteiger partial charge in [-0.05, 0) is 34.6 Å². The van der Waals surface area contributed by atoms with Crippen molar-refractivity contribution in [3.8, 4) is 0 Å². The molecule has 0 radical (unpaired) electrons. The average Bonchev–Trinajstić information content (AvgIpc) is 2.27. The van der Waals surface area contributed by atoms with Gasteiger partial charge in [0.25, 0.3) is 0 Å². The molecule has 0 heterocycles. The van der Waals surface area contributed by atoms with Gasteiger partial charge in [0.2, 0.25) is 5.91 Å². The molecule has 0 saturated carbocycles. The molecule has 1 N–H and O–H groups in total. The van der Waals surface area contributed by atoms with Gasteiger partial charge in [-0.25, -0.2) is 0 Å². The first kappa shape index (κ1) is 17.9. The number of hydrogen-bond acceptors (Lipinski definition) is 4. The number of ether oxygens (including phenoxy) is 1. The fourth-order valence-corrected chi connectivity index (χ4v) is 1.64. The zero-order valence-electron chi connectivity index (χ0n) is 12.9. The third-order valence-corrected chi connectivity index (χ3v) is 2.56. The van der Waals surface area contributed by atoms with E-state index in [9.17, 15) is 9.59 Å². The van der Waals surface area contributed by atoms with Crippen LogP contribution in [0.25, 0.3) is 0 Å². The highest BCUT2D eigenvalue weighted by atomic mass is 16.6. The largest absolute Gasteiger partial charge is 0.460 e. The monoisotopic (exact) mass is 272 g/mol. The number of carbonyl (C=O) groups is 2. The highest BCUT2D eigenvalue weighted by molar-refractivity contribution is 5.76. The lowest BCUT2D eigenvalue weighted by Gasteiger charge is -2.20. The molecule has 0 spiro atoms. The molecule has 0 aliphatic heterocycles. The van der Waals surface area contributed by atoms with E-state index in [4.69, 9.17) is 4.74 Å². The zero-order valence-corrected chi connectivity index (χ0v) is 12.9. The lowest BCUT2D eigenvalue weighted by Crippen LogP contribution is -2.33. The van der Waals surface area contributed by atoms with Gasteiger partial charge in [0, 0.05) is 32.6 Å². The number of rotatable bonds is 8. The van der Waals surface area contributed by atoms with Crippen LogP contribution in [0.3, 0.4) is 0 Å². The van der Waals surface area contributed by atoms with Crippen LogP contribution < -0.4 is 5.32 Å². The summed E-state index contributed by atoms with van der Waals surface area (Å²) in [5.41, 5.74) is -0.435. The third-order valence-electron chi connectivity index (χ3n) is 2.56. The fraction of sp³-hybridized carbons (Fsp3) is 0.857. The normalized spacial score (nSPS) is 11.2. The Bertz CT molecular complexity index is 281. The van der Waals surface area contributed by atoms with Crippen LogP contribution >= 0.6 is 0 Å². The van der Waals surface area contributed by atoms with Crippen molar-refractivity contribution in [2.24, 2.45) is 0 Å². The summed E-state index contributed by atoms with van der Waals surface area (Å²) in [5, 5.41) is 3.09. The van der Waals surface area contributed by atoms with E-state index in [-0.39, 0.29) is 11.9 Å². The summed E-state index contributed by atoms with van der Waals surface area (Å²) in [7, 11) is 0. The Balaban J connectivity index is 3.66. The Morgan fingerprint density at radius 1 is 1.05 bits per heavy atom. The Kier molecular flexibility index (Phi) is 8.39. The molecule has 0 aliphatic rings. The summed E-state index contributed by atoms with van der Waals surface area (Å²) in [6.07, 6.45) is 0.798. The van der Waals surface area contributed by atoms with Crippen molar-refractivity contribution in [3.63, 3.8) is 0 Å². The standard InChI is InChI=1S/C14H28N2O3/c1-6-16(7-2)12(17)8-10-15-11-9-13(18)19-14(3,4)5/h15H,6-11H2,1-5H3. The maximum Gasteiger partial charge on any atom is 0.307 e. The lowest BCUT2D eigenvalue weighted by atomic mass is 10.2. The van der Waals surface area contributed by atoms with E-state index < -0.39 is 5.60 Å². The number of esters is 1. The molecular weight excluding hydrogens is 244 g/mol. The van der Waals surface area contributed by atoms with E-state index in [0.717, 1.165) is 13.1 Å². The van der Waals surface area contributed by atoms with Crippen molar-refractivity contribution in [1.82, 2.24) is 10.2 Å². The van der Waals surface area contributed by atoms with Crippen molar-refractivity contribution < 1.29 is 14.3 Å². The van der Waals surface area contributed by atoms with Gasteiger partial charge in [-0.3, -0.25) is 9.59 Å². The summed E-state index contributed by atoms with van der Waals surface area (Å²) in [6.45, 7) is 12.1. The summed E-state index contributed by atoms with van der Waals surface area (Å²) < 4.78 is 5.18. The molecular formula is C14H28N2O3. The van der Waals surface area contributed by atoms with Gasteiger partial charge in [0.15, 0.2) is 0 Å². The van der Waals surface area contributed by atoms with Crippen LogP contribution in [0.15, 0.2) is 0 Å². The number of carbonyl (C=O) groups excluding carboxylic acids is 2. The molecule has 0 atom stereocenters. The van der Waals surface area contributed by atoms with Crippen LogP contribution in [-0.4, -0.2) is 48.6 Å². The van der Waals surface area contributed by atoms with Crippen LogP contribution in [0.1, 0.15) is 47.5 Å². The maximum absolute atomic E-state index is 11.7. The van der Waals surface area contributed by atoms with Gasteiger partial charge in [0.1, 0.15) is 5.60 Å². The third kappa shape index (κ3) is 9.47. The zero-order chi connectivity index (χ0) is 14.9. The highest BCUT2D eigenvalue weighted by Crippen LogP contribution is 2.07. The number of nitrogens with one attached hydrogen (secondary N) is 1. The number of amides is 1. The van der Waals surface area contributed by atoms with Crippen molar-refractivity contribution in [1.29, 1.82) is 0 Å². The summed E-state index contributed by atoms with van der Waals surface area (Å²) >= 11 is 0. The van der Waals surface area contributed by atoms with E-state index in [0.29, 0.717) is 25.9 Å². The summed E-state index contributed by atoms with van der Waals surface area (Å²) in [4.78, 5) is 24.9. The van der Waals surface area contributed by atoms with Crippen LogP contribution in [0.4, 0.5) is 0 Å². The van der Waals surface area contributed by atoms with Crippen molar-refractivity contribution in [2.45, 2.75) is 53.1 Å². The fourth-order valence-electron chi connectivity index (χ4n) is 1.64. The molecule has 5 heteroatoms. The van der Waals surface area contributed by atoms with Crippen LogP contribution in [0.2, 0.25) is 0 Å². The molecule has 112 valence electrons. The van der Waals surface area contributed by atoms with Crippen molar-refractivity contribution >= 4 is 11.9 Å². The molecule has 19 heavy (non-hydrogen) atoms. The minimum atomic E-state index is -0.435. The molecule has 0 aliphatic carbocycles. The van der Waals surface area contributed by atoms with Crippen molar-refractivity contribution in [3.05, 3.63) is 0 Å². The van der Waals surface area contributed by atoms with E-state index in [2.05, 4.69) is 5.32 Å². The molecule has 0 bridgehead atoms. The highest BCUT2D eigenvalue weighted by Gasteiger charge is 2.15. The van der Waals surface area contributed by atoms with Gasteiger partial charge in [-0.1, -0.05) is 0 Å². The first-order valence-electron chi connectivity index (χ1n) is 7.00. The predicted octanol–water partition coefficient (Wildman–Crippen LogP) is 1.57. The van der Waals surface area contributed by atoms with E-state index in [1.165, 1.54) is 0 Å². The van der Waals surface area contributed by atoms with Crippen LogP contribution in [-0.2, 0) is 14.3 Å². The Morgan fingerprint density at radius 3 is 2.05 bits per heavy atom. The topological polar surface area (TPSA) is 58.6 Å². The predicted molar refractivity (Wildman–Crippen MR) is 75.9 cm³/mol. The van der Waals surface area contributed by atoms with Gasteiger partial charge in [0.05, 0.1) is 6.42 Å². The van der Waals surface area contributed by atoms with E-state index in [1.807, 2.05) is 34.6 Å². The lowest BCUT2D eigenvalue weighted by molar-refractivity contribution is -0.154. The molecule has 5 nitrogen and oxygen atoms in total. The molecule has 0 aromatic heterocycles. The minimum absolute atomic E-state index is 0.148.